The molecule has 2 N–H and O–H groups in total. The lowest BCUT2D eigenvalue weighted by Gasteiger charge is -2.13. The summed E-state index contributed by atoms with van der Waals surface area (Å²) >= 11 is 10.6. The van der Waals surface area contributed by atoms with Crippen LogP contribution in [0.3, 0.4) is 0 Å². The van der Waals surface area contributed by atoms with Crippen molar-refractivity contribution in [1.82, 2.24) is 10.3 Å². The molecule has 4 nitrogen and oxygen atoms in total. The molecule has 1 heterocycles. The maximum Gasteiger partial charge on any atom is 0.257 e. The van der Waals surface area contributed by atoms with Gasteiger partial charge in [0.2, 0.25) is 0 Å². The Balaban J connectivity index is 1.38. The molecule has 0 bridgehead atoms. The van der Waals surface area contributed by atoms with Crippen LogP contribution >= 0.6 is 39.5 Å². The molecule has 4 aromatic carbocycles. The number of carbonyl (C=O) groups excluding carboxylic acids is 1. The fourth-order valence-electron chi connectivity index (χ4n) is 3.45. The number of anilines is 1. The van der Waals surface area contributed by atoms with E-state index in [0.29, 0.717) is 5.56 Å². The topological polar surface area (TPSA) is 54.0 Å². The largest absolute Gasteiger partial charge is 0.332 e. The number of hydrogen-bond acceptors (Lipinski definition) is 4. The van der Waals surface area contributed by atoms with E-state index in [0.717, 1.165) is 41.7 Å². The number of hydrogen-bond donors (Lipinski definition) is 2. The van der Waals surface area contributed by atoms with Crippen molar-refractivity contribution >= 4 is 77.2 Å². The zero-order chi connectivity index (χ0) is 22.1. The molecular formula is C25H16BrN3OS2. The van der Waals surface area contributed by atoms with Gasteiger partial charge in [-0.05, 0) is 65.5 Å². The predicted molar refractivity (Wildman–Crippen MR) is 140 cm³/mol. The van der Waals surface area contributed by atoms with Crippen LogP contribution in [0.5, 0.6) is 0 Å². The highest BCUT2D eigenvalue weighted by molar-refractivity contribution is 9.10. The first-order valence-corrected chi connectivity index (χ1v) is 11.9. The van der Waals surface area contributed by atoms with Crippen LogP contribution in [-0.2, 0) is 0 Å². The molecule has 0 aliphatic rings. The molecule has 5 aromatic rings. The van der Waals surface area contributed by atoms with Gasteiger partial charge in [0.15, 0.2) is 5.11 Å². The Bertz CT molecular complexity index is 1460. The van der Waals surface area contributed by atoms with E-state index >= 15 is 0 Å². The molecule has 0 fully saturated rings. The quantitative estimate of drug-likeness (QED) is 0.253. The van der Waals surface area contributed by atoms with Gasteiger partial charge in [0, 0.05) is 15.6 Å². The number of thiazole rings is 1. The Morgan fingerprint density at radius 1 is 0.906 bits per heavy atom. The Morgan fingerprint density at radius 3 is 2.53 bits per heavy atom. The lowest BCUT2D eigenvalue weighted by Crippen LogP contribution is -2.34. The van der Waals surface area contributed by atoms with Gasteiger partial charge in [0.05, 0.1) is 15.9 Å². The van der Waals surface area contributed by atoms with Gasteiger partial charge in [0.1, 0.15) is 5.01 Å². The van der Waals surface area contributed by atoms with Gasteiger partial charge in [-0.15, -0.1) is 11.3 Å². The van der Waals surface area contributed by atoms with Crippen molar-refractivity contribution in [2.45, 2.75) is 0 Å². The van der Waals surface area contributed by atoms with Crippen LogP contribution < -0.4 is 10.6 Å². The van der Waals surface area contributed by atoms with Crippen molar-refractivity contribution in [2.24, 2.45) is 0 Å². The minimum Gasteiger partial charge on any atom is -0.332 e. The van der Waals surface area contributed by atoms with E-state index in [1.807, 2.05) is 72.8 Å². The summed E-state index contributed by atoms with van der Waals surface area (Å²) in [6.07, 6.45) is 0. The SMILES string of the molecule is O=C(NC(=S)Nc1ccc(Br)cc1-c1nc2ccccc2s1)c1ccc2ccccc2c1. The maximum atomic E-state index is 12.8. The number of aromatic nitrogens is 1. The molecular weight excluding hydrogens is 502 g/mol. The molecule has 5 rings (SSSR count). The molecule has 0 atom stereocenters. The summed E-state index contributed by atoms with van der Waals surface area (Å²) in [6, 6.07) is 27.4. The van der Waals surface area contributed by atoms with Gasteiger partial charge in [0.25, 0.3) is 5.91 Å². The average Bonchev–Trinajstić information content (AvgIpc) is 3.24. The van der Waals surface area contributed by atoms with Crippen molar-refractivity contribution in [2.75, 3.05) is 5.32 Å². The predicted octanol–water partition coefficient (Wildman–Crippen LogP) is 7.01. The molecule has 0 aliphatic carbocycles. The molecule has 0 unspecified atom stereocenters. The first-order chi connectivity index (χ1) is 15.6. The normalized spacial score (nSPS) is 10.9. The number of para-hydroxylation sites is 1. The molecule has 0 spiro atoms. The highest BCUT2D eigenvalue weighted by Crippen LogP contribution is 2.36. The summed E-state index contributed by atoms with van der Waals surface area (Å²) in [5.74, 6) is -0.257. The van der Waals surface area contributed by atoms with Crippen LogP contribution in [0.25, 0.3) is 31.6 Å². The van der Waals surface area contributed by atoms with E-state index in [1.165, 1.54) is 0 Å². The number of halogens is 1. The van der Waals surface area contributed by atoms with Crippen molar-refractivity contribution in [1.29, 1.82) is 0 Å². The average molecular weight is 518 g/mol. The van der Waals surface area contributed by atoms with E-state index < -0.39 is 0 Å². The van der Waals surface area contributed by atoms with Gasteiger partial charge >= 0.3 is 0 Å². The van der Waals surface area contributed by atoms with E-state index in [-0.39, 0.29) is 11.0 Å². The maximum absolute atomic E-state index is 12.8. The fourth-order valence-corrected chi connectivity index (χ4v) is 5.01. The van der Waals surface area contributed by atoms with Gasteiger partial charge in [-0.25, -0.2) is 4.98 Å². The van der Waals surface area contributed by atoms with Crippen molar-refractivity contribution in [3.63, 3.8) is 0 Å². The highest BCUT2D eigenvalue weighted by Gasteiger charge is 2.14. The molecule has 1 aromatic heterocycles. The summed E-state index contributed by atoms with van der Waals surface area (Å²) < 4.78 is 2.05. The molecule has 0 aliphatic heterocycles. The van der Waals surface area contributed by atoms with E-state index in [1.54, 1.807) is 17.4 Å². The van der Waals surface area contributed by atoms with Gasteiger partial charge < -0.3 is 5.32 Å². The fraction of sp³-hybridized carbons (Fsp3) is 0. The Labute approximate surface area is 202 Å². The minimum absolute atomic E-state index is 0.229. The van der Waals surface area contributed by atoms with Crippen molar-refractivity contribution in [3.8, 4) is 10.6 Å². The lowest BCUT2D eigenvalue weighted by atomic mass is 10.1. The molecule has 0 saturated carbocycles. The first kappa shape index (κ1) is 20.8. The second-order valence-corrected chi connectivity index (χ2v) is 9.50. The van der Waals surface area contributed by atoms with Crippen LogP contribution in [0.2, 0.25) is 0 Å². The van der Waals surface area contributed by atoms with E-state index in [2.05, 4.69) is 32.6 Å². The van der Waals surface area contributed by atoms with Crippen molar-refractivity contribution in [3.05, 3.63) is 95.0 Å². The molecule has 156 valence electrons. The number of nitrogens with zero attached hydrogens (tertiary/aromatic N) is 1. The summed E-state index contributed by atoms with van der Waals surface area (Å²) in [5.41, 5.74) is 3.18. The standard InChI is InChI=1S/C25H16BrN3OS2/c26-18-11-12-20(19(14-18)24-27-21-7-3-4-8-22(21)32-24)28-25(31)29-23(30)17-10-9-15-5-1-2-6-16(15)13-17/h1-14H,(H2,28,29,30,31). The van der Waals surface area contributed by atoms with Crippen LogP contribution in [-0.4, -0.2) is 16.0 Å². The first-order valence-electron chi connectivity index (χ1n) is 9.83. The number of thiocarbonyl (C=S) groups is 1. The molecule has 32 heavy (non-hydrogen) atoms. The third kappa shape index (κ3) is 4.27. The number of rotatable bonds is 3. The third-order valence-corrected chi connectivity index (χ3v) is 6.76. The summed E-state index contributed by atoms with van der Waals surface area (Å²) in [6.45, 7) is 0. The van der Waals surface area contributed by atoms with Crippen LogP contribution in [0.1, 0.15) is 10.4 Å². The van der Waals surface area contributed by atoms with Crippen LogP contribution in [0.15, 0.2) is 89.4 Å². The highest BCUT2D eigenvalue weighted by atomic mass is 79.9. The minimum atomic E-state index is -0.257. The second-order valence-electron chi connectivity index (χ2n) is 7.15. The monoisotopic (exact) mass is 517 g/mol. The second kappa shape index (κ2) is 8.78. The Kier molecular flexibility index (Phi) is 5.70. The number of fused-ring (bicyclic) bond motifs is 2. The van der Waals surface area contributed by atoms with Crippen LogP contribution in [0.4, 0.5) is 5.69 Å². The van der Waals surface area contributed by atoms with Gasteiger partial charge in [-0.2, -0.15) is 0 Å². The number of nitrogens with one attached hydrogen (secondary N) is 2. The summed E-state index contributed by atoms with van der Waals surface area (Å²) in [4.78, 5) is 17.5. The Hall–Kier alpha value is -3.13. The number of carbonyl (C=O) groups is 1. The molecule has 0 radical (unpaired) electrons. The summed E-state index contributed by atoms with van der Waals surface area (Å²) in [7, 11) is 0. The number of amides is 1. The zero-order valence-electron chi connectivity index (χ0n) is 16.6. The number of benzene rings is 4. The summed E-state index contributed by atoms with van der Waals surface area (Å²) in [5, 5.41) is 9.14. The van der Waals surface area contributed by atoms with Gasteiger partial charge in [-0.3, -0.25) is 10.1 Å². The Morgan fingerprint density at radius 2 is 1.69 bits per heavy atom. The van der Waals surface area contributed by atoms with E-state index in [9.17, 15) is 4.79 Å². The molecule has 0 saturated heterocycles. The van der Waals surface area contributed by atoms with E-state index in [4.69, 9.17) is 17.2 Å². The van der Waals surface area contributed by atoms with Crippen molar-refractivity contribution < 1.29 is 4.79 Å². The third-order valence-electron chi connectivity index (χ3n) is 4.99. The molecule has 7 heteroatoms. The van der Waals surface area contributed by atoms with Crippen LogP contribution in [0, 0.1) is 0 Å². The van der Waals surface area contributed by atoms with Gasteiger partial charge in [-0.1, -0.05) is 58.4 Å². The zero-order valence-corrected chi connectivity index (χ0v) is 19.9. The lowest BCUT2D eigenvalue weighted by molar-refractivity contribution is 0.0978. The molecule has 1 amide bonds. The smallest absolute Gasteiger partial charge is 0.257 e.